The van der Waals surface area contributed by atoms with E-state index in [4.69, 9.17) is 4.74 Å². The molecule has 2 N–H and O–H groups in total. The summed E-state index contributed by atoms with van der Waals surface area (Å²) in [6, 6.07) is 6.53. The molecule has 0 saturated heterocycles. The number of aliphatic imine (C=N–C) groups is 1. The Kier molecular flexibility index (Phi) is 10.1. The number of ether oxygens (including phenoxy) is 2. The maximum atomic E-state index is 12.2. The highest BCUT2D eigenvalue weighted by Crippen LogP contribution is 2.15. The number of hydrogen-bond acceptors (Lipinski definition) is 3. The fourth-order valence-corrected chi connectivity index (χ4v) is 1.61. The summed E-state index contributed by atoms with van der Waals surface area (Å²) >= 11 is 0. The molecule has 1 aromatic rings. The lowest BCUT2D eigenvalue weighted by Gasteiger charge is -2.24. The van der Waals surface area contributed by atoms with E-state index in [0.717, 1.165) is 5.56 Å². The van der Waals surface area contributed by atoms with E-state index in [1.54, 1.807) is 26.3 Å². The van der Waals surface area contributed by atoms with Crippen LogP contribution < -0.4 is 15.4 Å². The first-order valence-electron chi connectivity index (χ1n) is 6.90. The molecule has 0 unspecified atom stereocenters. The molecule has 0 fully saturated rings. The molecule has 0 amide bonds. The summed E-state index contributed by atoms with van der Waals surface area (Å²) in [6.45, 7) is 2.11. The summed E-state index contributed by atoms with van der Waals surface area (Å²) in [6.07, 6.45) is 0. The molecule has 0 radical (unpaired) electrons. The fourth-order valence-electron chi connectivity index (χ4n) is 1.61. The summed E-state index contributed by atoms with van der Waals surface area (Å²) in [4.78, 5) is 4.10. The Labute approximate surface area is 152 Å². The first kappa shape index (κ1) is 21.8. The number of guanidine groups is 1. The minimum Gasteiger partial charge on any atom is -0.435 e. The van der Waals surface area contributed by atoms with Gasteiger partial charge in [0, 0.05) is 27.2 Å². The molecule has 0 aliphatic rings. The number of rotatable bonds is 7. The van der Waals surface area contributed by atoms with Gasteiger partial charge in [0.05, 0.1) is 5.60 Å². The Bertz CT molecular complexity index is 499. The molecule has 5 nitrogen and oxygen atoms in total. The van der Waals surface area contributed by atoms with Gasteiger partial charge in [0.15, 0.2) is 5.96 Å². The van der Waals surface area contributed by atoms with Gasteiger partial charge in [-0.3, -0.25) is 4.99 Å². The van der Waals surface area contributed by atoms with Gasteiger partial charge in [-0.1, -0.05) is 12.1 Å². The van der Waals surface area contributed by atoms with Crippen LogP contribution in [0.25, 0.3) is 0 Å². The van der Waals surface area contributed by atoms with E-state index in [1.807, 2.05) is 19.9 Å². The smallest absolute Gasteiger partial charge is 0.387 e. The van der Waals surface area contributed by atoms with Crippen molar-refractivity contribution >= 4 is 29.9 Å². The molecule has 0 aliphatic heterocycles. The molecule has 0 atom stereocenters. The zero-order chi connectivity index (χ0) is 16.6. The van der Waals surface area contributed by atoms with Crippen LogP contribution in [0.15, 0.2) is 29.3 Å². The second kappa shape index (κ2) is 10.6. The van der Waals surface area contributed by atoms with Crippen LogP contribution in [0, 0.1) is 0 Å². The molecule has 0 aliphatic carbocycles. The molecule has 1 rings (SSSR count). The van der Waals surface area contributed by atoms with Crippen LogP contribution in [0.1, 0.15) is 19.4 Å². The highest BCUT2D eigenvalue weighted by Gasteiger charge is 2.16. The Hall–Kier alpha value is -1.16. The quantitative estimate of drug-likeness (QED) is 0.387. The lowest BCUT2D eigenvalue weighted by Crippen LogP contribution is -2.45. The fraction of sp³-hybridized carbons (Fsp3) is 0.533. The normalized spacial score (nSPS) is 11.9. The SMILES string of the molecule is CN=C(NCc1cccc(OC(F)F)c1)NCC(C)(C)OC.I. The van der Waals surface area contributed by atoms with Crippen LogP contribution in [0.5, 0.6) is 5.75 Å². The van der Waals surface area contributed by atoms with Crippen LogP contribution in [0.2, 0.25) is 0 Å². The number of hydrogen-bond donors (Lipinski definition) is 2. The second-order valence-corrected chi connectivity index (χ2v) is 5.27. The molecule has 1 aromatic carbocycles. The molecule has 0 spiro atoms. The summed E-state index contributed by atoms with van der Waals surface area (Å²) in [7, 11) is 3.30. The zero-order valence-corrected chi connectivity index (χ0v) is 16.1. The first-order chi connectivity index (χ1) is 10.4. The van der Waals surface area contributed by atoms with Crippen molar-refractivity contribution in [3.05, 3.63) is 29.8 Å². The zero-order valence-electron chi connectivity index (χ0n) is 13.7. The Morgan fingerprint density at radius 2 is 2.00 bits per heavy atom. The highest BCUT2D eigenvalue weighted by molar-refractivity contribution is 14.0. The third-order valence-electron chi connectivity index (χ3n) is 3.04. The van der Waals surface area contributed by atoms with Gasteiger partial charge in [-0.05, 0) is 31.5 Å². The van der Waals surface area contributed by atoms with E-state index in [0.29, 0.717) is 19.0 Å². The van der Waals surface area contributed by atoms with E-state index in [2.05, 4.69) is 20.4 Å². The van der Waals surface area contributed by atoms with Crippen molar-refractivity contribution in [2.45, 2.75) is 32.6 Å². The van der Waals surface area contributed by atoms with E-state index >= 15 is 0 Å². The molecule has 132 valence electrons. The minimum absolute atomic E-state index is 0. The molecule has 0 saturated carbocycles. The van der Waals surface area contributed by atoms with E-state index in [-0.39, 0.29) is 35.3 Å². The minimum atomic E-state index is -2.83. The van der Waals surface area contributed by atoms with E-state index in [9.17, 15) is 8.78 Å². The van der Waals surface area contributed by atoms with E-state index < -0.39 is 6.61 Å². The predicted octanol–water partition coefficient (Wildman–Crippen LogP) is 3.00. The van der Waals surface area contributed by atoms with Crippen LogP contribution in [0.4, 0.5) is 8.78 Å². The molecular weight excluding hydrogens is 419 g/mol. The Morgan fingerprint density at radius 3 is 2.57 bits per heavy atom. The molecule has 8 heteroatoms. The summed E-state index contributed by atoms with van der Waals surface area (Å²) in [5.74, 6) is 0.739. The third-order valence-corrected chi connectivity index (χ3v) is 3.04. The van der Waals surface area contributed by atoms with Gasteiger partial charge >= 0.3 is 6.61 Å². The lowest BCUT2D eigenvalue weighted by atomic mass is 10.1. The van der Waals surface area contributed by atoms with Gasteiger partial charge in [0.1, 0.15) is 5.75 Å². The molecular formula is C15H24F2IN3O2. The van der Waals surface area contributed by atoms with Gasteiger partial charge in [-0.25, -0.2) is 0 Å². The third kappa shape index (κ3) is 8.89. The number of benzene rings is 1. The van der Waals surface area contributed by atoms with Gasteiger partial charge in [0.2, 0.25) is 0 Å². The van der Waals surface area contributed by atoms with E-state index in [1.165, 1.54) is 6.07 Å². The number of alkyl halides is 2. The van der Waals surface area contributed by atoms with Crippen LogP contribution in [-0.2, 0) is 11.3 Å². The topological polar surface area (TPSA) is 54.9 Å². The van der Waals surface area contributed by atoms with Crippen molar-refractivity contribution in [1.82, 2.24) is 10.6 Å². The standard InChI is InChI=1S/C15H23F2N3O2.HI/c1-15(2,21-4)10-20-14(18-3)19-9-11-6-5-7-12(8-11)22-13(16)17;/h5-8,13H,9-10H2,1-4H3,(H2,18,19,20);1H. The number of methoxy groups -OCH3 is 1. The van der Waals surface area contributed by atoms with Crippen molar-refractivity contribution in [1.29, 1.82) is 0 Å². The largest absolute Gasteiger partial charge is 0.435 e. The molecule has 23 heavy (non-hydrogen) atoms. The lowest BCUT2D eigenvalue weighted by molar-refractivity contribution is -0.0498. The number of nitrogens with zero attached hydrogens (tertiary/aromatic N) is 1. The van der Waals surface area contributed by atoms with Crippen molar-refractivity contribution in [3.63, 3.8) is 0 Å². The average Bonchev–Trinajstić information content (AvgIpc) is 2.47. The Morgan fingerprint density at radius 1 is 1.30 bits per heavy atom. The van der Waals surface area contributed by atoms with Gasteiger partial charge < -0.3 is 20.1 Å². The van der Waals surface area contributed by atoms with Gasteiger partial charge in [-0.2, -0.15) is 8.78 Å². The summed E-state index contributed by atoms with van der Waals surface area (Å²) < 4.78 is 34.1. The summed E-state index contributed by atoms with van der Waals surface area (Å²) in [5.41, 5.74) is 0.495. The Balaban J connectivity index is 0.00000484. The maximum Gasteiger partial charge on any atom is 0.387 e. The highest BCUT2D eigenvalue weighted by atomic mass is 127. The van der Waals surface area contributed by atoms with Crippen LogP contribution in [0.3, 0.4) is 0 Å². The molecule has 0 aromatic heterocycles. The van der Waals surface area contributed by atoms with Crippen molar-refractivity contribution in [2.75, 3.05) is 20.7 Å². The van der Waals surface area contributed by atoms with Crippen LogP contribution in [-0.4, -0.2) is 38.9 Å². The molecule has 0 heterocycles. The van der Waals surface area contributed by atoms with Crippen molar-refractivity contribution in [2.24, 2.45) is 4.99 Å². The number of nitrogens with one attached hydrogen (secondary N) is 2. The first-order valence-corrected chi connectivity index (χ1v) is 6.90. The van der Waals surface area contributed by atoms with Crippen molar-refractivity contribution < 1.29 is 18.3 Å². The average molecular weight is 443 g/mol. The predicted molar refractivity (Wildman–Crippen MR) is 97.8 cm³/mol. The maximum absolute atomic E-state index is 12.2. The van der Waals surface area contributed by atoms with Gasteiger partial charge in [-0.15, -0.1) is 24.0 Å². The van der Waals surface area contributed by atoms with Crippen LogP contribution >= 0.6 is 24.0 Å². The van der Waals surface area contributed by atoms with Crippen molar-refractivity contribution in [3.8, 4) is 5.75 Å². The second-order valence-electron chi connectivity index (χ2n) is 5.27. The summed E-state index contributed by atoms with van der Waals surface area (Å²) in [5, 5.41) is 6.24. The molecule has 0 bridgehead atoms. The number of halogens is 3. The monoisotopic (exact) mass is 443 g/mol. The van der Waals surface area contributed by atoms with Gasteiger partial charge in [0.25, 0.3) is 0 Å².